The SMILES string of the molecule is Cc1ccc(S(=O)(=O)OCC2CCC(C)(CO)C2(C)CBr)cc1. The molecule has 0 amide bonds. The fourth-order valence-electron chi connectivity index (χ4n) is 3.33. The summed E-state index contributed by atoms with van der Waals surface area (Å²) in [5.74, 6) is 0.0826. The molecule has 0 heterocycles. The van der Waals surface area contributed by atoms with Gasteiger partial charge in [-0.2, -0.15) is 8.42 Å². The predicted molar refractivity (Wildman–Crippen MR) is 94.1 cm³/mol. The highest BCUT2D eigenvalue weighted by molar-refractivity contribution is 9.09. The van der Waals surface area contributed by atoms with Gasteiger partial charge in [-0.15, -0.1) is 0 Å². The second kappa shape index (κ2) is 6.82. The fourth-order valence-corrected chi connectivity index (χ4v) is 5.42. The van der Waals surface area contributed by atoms with E-state index in [1.807, 2.05) is 6.92 Å². The van der Waals surface area contributed by atoms with E-state index in [0.29, 0.717) is 5.33 Å². The van der Waals surface area contributed by atoms with Crippen LogP contribution < -0.4 is 0 Å². The Morgan fingerprint density at radius 2 is 1.91 bits per heavy atom. The predicted octanol–water partition coefficient (Wildman–Crippen LogP) is 3.51. The molecular formula is C17H25BrO4S. The summed E-state index contributed by atoms with van der Waals surface area (Å²) < 4.78 is 30.0. The minimum absolute atomic E-state index is 0.0826. The van der Waals surface area contributed by atoms with Crippen LogP contribution >= 0.6 is 15.9 Å². The molecule has 1 saturated carbocycles. The van der Waals surface area contributed by atoms with Gasteiger partial charge in [-0.25, -0.2) is 0 Å². The molecule has 0 aliphatic heterocycles. The van der Waals surface area contributed by atoms with Gasteiger partial charge in [0.1, 0.15) is 0 Å². The number of rotatable bonds is 6. The molecule has 0 bridgehead atoms. The molecule has 3 atom stereocenters. The highest BCUT2D eigenvalue weighted by atomic mass is 79.9. The Bertz CT molecular complexity index is 643. The third kappa shape index (κ3) is 3.50. The van der Waals surface area contributed by atoms with E-state index in [1.165, 1.54) is 0 Å². The Labute approximate surface area is 147 Å². The van der Waals surface area contributed by atoms with Gasteiger partial charge in [-0.3, -0.25) is 4.18 Å². The number of alkyl halides is 1. The van der Waals surface area contributed by atoms with Crippen LogP contribution in [0.5, 0.6) is 0 Å². The van der Waals surface area contributed by atoms with Crippen LogP contribution in [0.15, 0.2) is 29.2 Å². The van der Waals surface area contributed by atoms with E-state index in [1.54, 1.807) is 24.3 Å². The fraction of sp³-hybridized carbons (Fsp3) is 0.647. The zero-order valence-corrected chi connectivity index (χ0v) is 16.3. The van der Waals surface area contributed by atoms with Gasteiger partial charge < -0.3 is 5.11 Å². The first kappa shape index (κ1) is 18.9. The second-order valence-corrected chi connectivity index (χ2v) is 9.23. The third-order valence-corrected chi connectivity index (χ3v) is 8.15. The molecule has 1 aliphatic rings. The van der Waals surface area contributed by atoms with Gasteiger partial charge in [0.15, 0.2) is 0 Å². The highest BCUT2D eigenvalue weighted by Crippen LogP contribution is 2.56. The van der Waals surface area contributed by atoms with Gasteiger partial charge in [0.25, 0.3) is 10.1 Å². The lowest BCUT2D eigenvalue weighted by Gasteiger charge is -2.42. The molecule has 1 aliphatic carbocycles. The zero-order valence-electron chi connectivity index (χ0n) is 13.9. The summed E-state index contributed by atoms with van der Waals surface area (Å²) in [4.78, 5) is 0.187. The van der Waals surface area contributed by atoms with Crippen molar-refractivity contribution in [3.63, 3.8) is 0 Å². The van der Waals surface area contributed by atoms with Crippen molar-refractivity contribution in [1.29, 1.82) is 0 Å². The molecule has 1 N–H and O–H groups in total. The molecule has 4 nitrogen and oxygen atoms in total. The van der Waals surface area contributed by atoms with Crippen molar-refractivity contribution < 1.29 is 17.7 Å². The molecular weight excluding hydrogens is 380 g/mol. The van der Waals surface area contributed by atoms with Gasteiger partial charge in [-0.05, 0) is 48.6 Å². The quantitative estimate of drug-likeness (QED) is 0.581. The maximum atomic E-state index is 12.3. The Hall–Kier alpha value is -0.430. The summed E-state index contributed by atoms with van der Waals surface area (Å²) in [6, 6.07) is 6.66. The lowest BCUT2D eigenvalue weighted by atomic mass is 9.66. The maximum Gasteiger partial charge on any atom is 0.296 e. The summed E-state index contributed by atoms with van der Waals surface area (Å²) >= 11 is 3.55. The van der Waals surface area contributed by atoms with E-state index in [4.69, 9.17) is 4.18 Å². The monoisotopic (exact) mass is 404 g/mol. The number of aliphatic hydroxyl groups excluding tert-OH is 1. The summed E-state index contributed by atoms with van der Waals surface area (Å²) in [7, 11) is -3.74. The summed E-state index contributed by atoms with van der Waals surface area (Å²) in [6.45, 7) is 6.30. The smallest absolute Gasteiger partial charge is 0.296 e. The molecule has 1 fully saturated rings. The average Bonchev–Trinajstić information content (AvgIpc) is 2.79. The van der Waals surface area contributed by atoms with Crippen LogP contribution in [0, 0.1) is 23.7 Å². The first-order valence-corrected chi connectivity index (χ1v) is 10.3. The van der Waals surface area contributed by atoms with Gasteiger partial charge in [0.2, 0.25) is 0 Å². The van der Waals surface area contributed by atoms with E-state index in [-0.39, 0.29) is 34.9 Å². The molecule has 0 aromatic heterocycles. The van der Waals surface area contributed by atoms with Crippen molar-refractivity contribution in [2.75, 3.05) is 18.5 Å². The van der Waals surface area contributed by atoms with Crippen molar-refractivity contribution in [1.82, 2.24) is 0 Å². The Balaban J connectivity index is 2.12. The Kier molecular flexibility index (Phi) is 5.61. The number of aliphatic hydroxyl groups is 1. The third-order valence-electron chi connectivity index (χ3n) is 5.69. The molecule has 6 heteroatoms. The molecule has 0 saturated heterocycles. The summed E-state index contributed by atoms with van der Waals surface area (Å²) in [5.41, 5.74) is 0.577. The van der Waals surface area contributed by atoms with Crippen molar-refractivity contribution in [3.8, 4) is 0 Å². The molecule has 1 aromatic carbocycles. The normalized spacial score (nSPS) is 31.4. The van der Waals surface area contributed by atoms with E-state index >= 15 is 0 Å². The van der Waals surface area contributed by atoms with E-state index in [2.05, 4.69) is 29.8 Å². The molecule has 3 unspecified atom stereocenters. The summed E-state index contributed by atoms with van der Waals surface area (Å²) in [6.07, 6.45) is 1.72. The van der Waals surface area contributed by atoms with Crippen LogP contribution in [0.3, 0.4) is 0 Å². The van der Waals surface area contributed by atoms with Crippen molar-refractivity contribution in [2.45, 2.75) is 38.5 Å². The van der Waals surface area contributed by atoms with Crippen LogP contribution in [0.2, 0.25) is 0 Å². The van der Waals surface area contributed by atoms with Crippen molar-refractivity contribution in [3.05, 3.63) is 29.8 Å². The molecule has 2 rings (SSSR count). The van der Waals surface area contributed by atoms with Gasteiger partial charge in [0, 0.05) is 11.9 Å². The lowest BCUT2D eigenvalue weighted by Crippen LogP contribution is -2.42. The first-order chi connectivity index (χ1) is 10.7. The molecule has 23 heavy (non-hydrogen) atoms. The molecule has 1 aromatic rings. The minimum atomic E-state index is -3.74. The van der Waals surface area contributed by atoms with Gasteiger partial charge in [-0.1, -0.05) is 47.5 Å². The number of halogens is 1. The topological polar surface area (TPSA) is 63.6 Å². The second-order valence-electron chi connectivity index (χ2n) is 7.06. The van der Waals surface area contributed by atoms with Crippen LogP contribution in [-0.4, -0.2) is 32.1 Å². The first-order valence-electron chi connectivity index (χ1n) is 7.81. The molecule has 0 spiro atoms. The van der Waals surface area contributed by atoms with Crippen LogP contribution in [0.4, 0.5) is 0 Å². The number of hydrogen-bond acceptors (Lipinski definition) is 4. The standard InChI is InChI=1S/C17H25BrO4S/c1-13-4-6-15(7-5-13)23(20,21)22-10-14-8-9-16(2,12-19)17(14,3)11-18/h4-7,14,19H,8-12H2,1-3H3. The Morgan fingerprint density at radius 1 is 1.30 bits per heavy atom. The zero-order chi connectivity index (χ0) is 17.3. The van der Waals surface area contributed by atoms with E-state index in [9.17, 15) is 13.5 Å². The number of hydrogen-bond donors (Lipinski definition) is 1. The van der Waals surface area contributed by atoms with Crippen LogP contribution in [0.25, 0.3) is 0 Å². The van der Waals surface area contributed by atoms with E-state index in [0.717, 1.165) is 18.4 Å². The maximum absolute atomic E-state index is 12.3. The van der Waals surface area contributed by atoms with E-state index < -0.39 is 10.1 Å². The largest absolute Gasteiger partial charge is 0.396 e. The lowest BCUT2D eigenvalue weighted by molar-refractivity contribution is 0.0189. The average molecular weight is 405 g/mol. The number of benzene rings is 1. The minimum Gasteiger partial charge on any atom is -0.396 e. The highest BCUT2D eigenvalue weighted by Gasteiger charge is 2.53. The van der Waals surface area contributed by atoms with Crippen molar-refractivity contribution >= 4 is 26.0 Å². The molecule has 0 radical (unpaired) electrons. The molecule has 130 valence electrons. The summed E-state index contributed by atoms with van der Waals surface area (Å²) in [5, 5.41) is 10.5. The Morgan fingerprint density at radius 3 is 2.43 bits per heavy atom. The van der Waals surface area contributed by atoms with Gasteiger partial charge >= 0.3 is 0 Å². The van der Waals surface area contributed by atoms with Crippen molar-refractivity contribution in [2.24, 2.45) is 16.7 Å². The van der Waals surface area contributed by atoms with Gasteiger partial charge in [0.05, 0.1) is 11.5 Å². The van der Waals surface area contributed by atoms with Crippen LogP contribution in [-0.2, 0) is 14.3 Å². The number of aryl methyl sites for hydroxylation is 1. The van der Waals surface area contributed by atoms with Crippen LogP contribution in [0.1, 0.15) is 32.3 Å².